The van der Waals surface area contributed by atoms with Gasteiger partial charge in [0.05, 0.1) is 0 Å². The van der Waals surface area contributed by atoms with Crippen molar-refractivity contribution in [2.24, 2.45) is 5.92 Å². The van der Waals surface area contributed by atoms with Crippen molar-refractivity contribution in [2.75, 3.05) is 6.54 Å². The minimum Gasteiger partial charge on any atom is -0.481 e. The van der Waals surface area contributed by atoms with E-state index in [0.717, 1.165) is 18.9 Å². The number of aliphatic carboxylic acids is 1. The van der Waals surface area contributed by atoms with Gasteiger partial charge in [-0.15, -0.1) is 0 Å². The summed E-state index contributed by atoms with van der Waals surface area (Å²) in [6, 6.07) is 0.637. The van der Waals surface area contributed by atoms with E-state index in [4.69, 9.17) is 5.11 Å². The molecule has 0 radical (unpaired) electrons. The van der Waals surface area contributed by atoms with E-state index >= 15 is 0 Å². The van der Waals surface area contributed by atoms with Crippen LogP contribution in [0.25, 0.3) is 0 Å². The zero-order valence-corrected chi connectivity index (χ0v) is 9.67. The second-order valence-corrected chi connectivity index (χ2v) is 4.59. The Morgan fingerprint density at radius 1 is 1.47 bits per heavy atom. The van der Waals surface area contributed by atoms with Gasteiger partial charge in [0.25, 0.3) is 0 Å². The third-order valence-corrected chi connectivity index (χ3v) is 3.36. The Hall–Kier alpha value is -0.570. The molecule has 1 aliphatic rings. The minimum atomic E-state index is -0.688. The van der Waals surface area contributed by atoms with Crippen LogP contribution in [0.4, 0.5) is 0 Å². The highest BCUT2D eigenvalue weighted by molar-refractivity contribution is 5.66. The van der Waals surface area contributed by atoms with E-state index in [9.17, 15) is 4.79 Å². The average molecular weight is 213 g/mol. The number of carbonyl (C=O) groups is 1. The average Bonchev–Trinajstić information content (AvgIpc) is 2.24. The largest absolute Gasteiger partial charge is 0.481 e. The van der Waals surface area contributed by atoms with Crippen LogP contribution in [0.5, 0.6) is 0 Å². The van der Waals surface area contributed by atoms with Crippen LogP contribution in [-0.4, -0.2) is 23.7 Å². The first-order valence-electron chi connectivity index (χ1n) is 6.17. The third-order valence-electron chi connectivity index (χ3n) is 3.36. The maximum Gasteiger partial charge on any atom is 0.303 e. The summed E-state index contributed by atoms with van der Waals surface area (Å²) in [6.45, 7) is 3.12. The Balaban J connectivity index is 2.07. The van der Waals surface area contributed by atoms with E-state index in [2.05, 4.69) is 12.2 Å². The van der Waals surface area contributed by atoms with Gasteiger partial charge in [-0.1, -0.05) is 26.2 Å². The van der Waals surface area contributed by atoms with Gasteiger partial charge >= 0.3 is 5.97 Å². The molecule has 0 aromatic carbocycles. The Kier molecular flexibility index (Phi) is 5.69. The van der Waals surface area contributed by atoms with Crippen LogP contribution in [0.15, 0.2) is 0 Å². The van der Waals surface area contributed by atoms with Crippen molar-refractivity contribution in [3.8, 4) is 0 Å². The Morgan fingerprint density at radius 3 is 2.93 bits per heavy atom. The Morgan fingerprint density at radius 2 is 2.27 bits per heavy atom. The monoisotopic (exact) mass is 213 g/mol. The first-order chi connectivity index (χ1) is 7.22. The maximum atomic E-state index is 10.3. The molecule has 3 nitrogen and oxygen atoms in total. The molecule has 1 saturated carbocycles. The predicted molar refractivity (Wildman–Crippen MR) is 60.9 cm³/mol. The molecule has 88 valence electrons. The van der Waals surface area contributed by atoms with E-state index in [1.54, 1.807) is 0 Å². The molecule has 0 saturated heterocycles. The summed E-state index contributed by atoms with van der Waals surface area (Å²) in [5.74, 6) is 0.197. The van der Waals surface area contributed by atoms with Crippen molar-refractivity contribution in [2.45, 2.75) is 57.9 Å². The van der Waals surface area contributed by atoms with Crippen molar-refractivity contribution in [3.63, 3.8) is 0 Å². The molecule has 1 aliphatic carbocycles. The van der Waals surface area contributed by atoms with Gasteiger partial charge in [-0.3, -0.25) is 4.79 Å². The van der Waals surface area contributed by atoms with Gasteiger partial charge in [0.1, 0.15) is 0 Å². The second-order valence-electron chi connectivity index (χ2n) is 4.59. The lowest BCUT2D eigenvalue weighted by Crippen LogP contribution is -2.34. The highest BCUT2D eigenvalue weighted by Gasteiger charge is 2.19. The molecule has 0 aliphatic heterocycles. The highest BCUT2D eigenvalue weighted by Crippen LogP contribution is 2.26. The summed E-state index contributed by atoms with van der Waals surface area (Å²) < 4.78 is 0. The fourth-order valence-corrected chi connectivity index (χ4v) is 2.39. The van der Waals surface area contributed by atoms with Crippen LogP contribution in [0.1, 0.15) is 51.9 Å². The number of carboxylic acids is 1. The molecule has 1 fully saturated rings. The summed E-state index contributed by atoms with van der Waals surface area (Å²) in [6.07, 6.45) is 7.58. The maximum absolute atomic E-state index is 10.3. The van der Waals surface area contributed by atoms with Crippen molar-refractivity contribution in [1.29, 1.82) is 0 Å². The molecule has 0 amide bonds. The Labute approximate surface area is 92.3 Å². The highest BCUT2D eigenvalue weighted by atomic mass is 16.4. The number of carboxylic acid groups (broad SMARTS) is 1. The fraction of sp³-hybridized carbons (Fsp3) is 0.917. The van der Waals surface area contributed by atoms with E-state index < -0.39 is 5.97 Å². The van der Waals surface area contributed by atoms with Crippen molar-refractivity contribution < 1.29 is 9.90 Å². The molecule has 3 heteroatoms. The molecule has 2 atom stereocenters. The summed E-state index contributed by atoms with van der Waals surface area (Å²) in [7, 11) is 0. The third kappa shape index (κ3) is 5.17. The zero-order valence-electron chi connectivity index (χ0n) is 9.67. The lowest BCUT2D eigenvalue weighted by atomic mass is 9.84. The van der Waals surface area contributed by atoms with E-state index in [-0.39, 0.29) is 6.42 Å². The van der Waals surface area contributed by atoms with Crippen molar-refractivity contribution in [1.82, 2.24) is 5.32 Å². The van der Waals surface area contributed by atoms with Crippen LogP contribution in [0.2, 0.25) is 0 Å². The molecule has 0 spiro atoms. The number of rotatable bonds is 6. The van der Waals surface area contributed by atoms with Gasteiger partial charge in [0, 0.05) is 12.5 Å². The first-order valence-corrected chi connectivity index (χ1v) is 6.17. The molecule has 0 aromatic rings. The van der Waals surface area contributed by atoms with Gasteiger partial charge in [-0.2, -0.15) is 0 Å². The quantitative estimate of drug-likeness (QED) is 0.666. The summed E-state index contributed by atoms with van der Waals surface area (Å²) in [5.41, 5.74) is 0. The minimum absolute atomic E-state index is 0.289. The van der Waals surface area contributed by atoms with Crippen LogP contribution in [0.3, 0.4) is 0 Å². The Bertz CT molecular complexity index is 194. The van der Waals surface area contributed by atoms with Crippen LogP contribution < -0.4 is 5.32 Å². The molecule has 0 aromatic heterocycles. The van der Waals surface area contributed by atoms with Gasteiger partial charge < -0.3 is 10.4 Å². The SMILES string of the molecule is CCC1CCCC(NCCCC(=O)O)C1. The molecular formula is C12H23NO2. The molecule has 0 heterocycles. The smallest absolute Gasteiger partial charge is 0.303 e. The topological polar surface area (TPSA) is 49.3 Å². The normalized spacial score (nSPS) is 26.5. The standard InChI is InChI=1S/C12H23NO2/c1-2-10-5-3-6-11(9-10)13-8-4-7-12(14)15/h10-11,13H,2-9H2,1H3,(H,14,15). The van der Waals surface area contributed by atoms with Gasteiger partial charge in [-0.25, -0.2) is 0 Å². The van der Waals surface area contributed by atoms with Crippen LogP contribution >= 0.6 is 0 Å². The zero-order chi connectivity index (χ0) is 11.1. The molecule has 2 unspecified atom stereocenters. The van der Waals surface area contributed by atoms with E-state index in [1.807, 2.05) is 0 Å². The van der Waals surface area contributed by atoms with Crippen molar-refractivity contribution >= 4 is 5.97 Å². The summed E-state index contributed by atoms with van der Waals surface area (Å²) in [4.78, 5) is 10.3. The van der Waals surface area contributed by atoms with E-state index in [0.29, 0.717) is 6.04 Å². The number of hydrogen-bond donors (Lipinski definition) is 2. The predicted octanol–water partition coefficient (Wildman–Crippen LogP) is 2.41. The number of nitrogens with one attached hydrogen (secondary N) is 1. The molecule has 2 N–H and O–H groups in total. The summed E-state index contributed by atoms with van der Waals surface area (Å²) >= 11 is 0. The molecule has 0 bridgehead atoms. The van der Waals surface area contributed by atoms with Crippen LogP contribution in [-0.2, 0) is 4.79 Å². The summed E-state index contributed by atoms with van der Waals surface area (Å²) in [5, 5.41) is 12.0. The van der Waals surface area contributed by atoms with Crippen molar-refractivity contribution in [3.05, 3.63) is 0 Å². The molecular weight excluding hydrogens is 190 g/mol. The van der Waals surface area contributed by atoms with Crippen LogP contribution in [0, 0.1) is 5.92 Å². The van der Waals surface area contributed by atoms with Gasteiger partial charge in [0.2, 0.25) is 0 Å². The first kappa shape index (κ1) is 12.5. The fourth-order valence-electron chi connectivity index (χ4n) is 2.39. The lowest BCUT2D eigenvalue weighted by Gasteiger charge is -2.29. The number of hydrogen-bond acceptors (Lipinski definition) is 2. The second kappa shape index (κ2) is 6.83. The van der Waals surface area contributed by atoms with E-state index in [1.165, 1.54) is 32.1 Å². The molecule has 1 rings (SSSR count). The van der Waals surface area contributed by atoms with Gasteiger partial charge in [0.15, 0.2) is 0 Å². The molecule has 15 heavy (non-hydrogen) atoms. The lowest BCUT2D eigenvalue weighted by molar-refractivity contribution is -0.137. The van der Waals surface area contributed by atoms with Gasteiger partial charge in [-0.05, 0) is 31.7 Å².